The minimum absolute atomic E-state index is 0.0923. The number of fused-ring (bicyclic) bond motifs is 1. The standard InChI is InChI=1S/C18H20N2O5/c21-10-12-3-6-19(7-4-12)13-1-2-14-15(9-13)18(23)20(17(14)22)16-5-8-24-11-25-16/h1-2,9-10,12,16H,3-8,11H2. The zero-order valence-electron chi connectivity index (χ0n) is 13.8. The summed E-state index contributed by atoms with van der Waals surface area (Å²) in [5.74, 6) is -0.496. The van der Waals surface area contributed by atoms with Crippen LogP contribution in [0.25, 0.3) is 0 Å². The van der Waals surface area contributed by atoms with Gasteiger partial charge in [-0.15, -0.1) is 0 Å². The molecule has 2 saturated heterocycles. The van der Waals surface area contributed by atoms with Crippen LogP contribution in [0, 0.1) is 5.92 Å². The second kappa shape index (κ2) is 6.57. The van der Waals surface area contributed by atoms with Gasteiger partial charge in [0.15, 0.2) is 0 Å². The van der Waals surface area contributed by atoms with Crippen LogP contribution in [0.15, 0.2) is 18.2 Å². The van der Waals surface area contributed by atoms with Gasteiger partial charge in [-0.3, -0.25) is 9.59 Å². The van der Waals surface area contributed by atoms with Crippen LogP contribution >= 0.6 is 0 Å². The fraction of sp³-hybridized carbons (Fsp3) is 0.500. The molecule has 0 N–H and O–H groups in total. The normalized spacial score (nSPS) is 24.6. The Labute approximate surface area is 145 Å². The zero-order chi connectivity index (χ0) is 17.4. The summed E-state index contributed by atoms with van der Waals surface area (Å²) in [5.41, 5.74) is 1.76. The number of piperidine rings is 1. The average Bonchev–Trinajstić information content (AvgIpc) is 2.92. The molecule has 1 aromatic carbocycles. The Hall–Kier alpha value is -2.25. The van der Waals surface area contributed by atoms with E-state index < -0.39 is 6.23 Å². The molecule has 0 saturated carbocycles. The third kappa shape index (κ3) is 2.83. The third-order valence-electron chi connectivity index (χ3n) is 5.14. The summed E-state index contributed by atoms with van der Waals surface area (Å²) in [6, 6.07) is 5.38. The molecular formula is C18H20N2O5. The lowest BCUT2D eigenvalue weighted by Crippen LogP contribution is -2.44. The molecule has 4 rings (SSSR count). The van der Waals surface area contributed by atoms with Gasteiger partial charge < -0.3 is 19.2 Å². The molecule has 0 aromatic heterocycles. The van der Waals surface area contributed by atoms with Crippen molar-refractivity contribution in [2.24, 2.45) is 5.92 Å². The minimum atomic E-state index is -0.562. The first kappa shape index (κ1) is 16.2. The maximum Gasteiger partial charge on any atom is 0.263 e. The lowest BCUT2D eigenvalue weighted by molar-refractivity contribution is -0.169. The first-order chi connectivity index (χ1) is 12.2. The highest BCUT2D eigenvalue weighted by molar-refractivity contribution is 6.21. The van der Waals surface area contributed by atoms with Crippen molar-refractivity contribution in [3.05, 3.63) is 29.3 Å². The number of hydrogen-bond acceptors (Lipinski definition) is 6. The van der Waals surface area contributed by atoms with Crippen LogP contribution in [0.3, 0.4) is 0 Å². The molecule has 3 aliphatic rings. The fourth-order valence-electron chi connectivity index (χ4n) is 3.66. The quantitative estimate of drug-likeness (QED) is 0.610. The van der Waals surface area contributed by atoms with E-state index in [-0.39, 0.29) is 24.5 Å². The lowest BCUT2D eigenvalue weighted by Gasteiger charge is -2.31. The number of nitrogens with zero attached hydrogens (tertiary/aromatic N) is 2. The van der Waals surface area contributed by atoms with Crippen LogP contribution < -0.4 is 4.90 Å². The van der Waals surface area contributed by atoms with Gasteiger partial charge in [0.25, 0.3) is 11.8 Å². The van der Waals surface area contributed by atoms with Crippen LogP contribution in [0.2, 0.25) is 0 Å². The zero-order valence-corrected chi connectivity index (χ0v) is 13.8. The van der Waals surface area contributed by atoms with Crippen molar-refractivity contribution in [2.45, 2.75) is 25.5 Å². The number of ether oxygens (including phenoxy) is 2. The van der Waals surface area contributed by atoms with E-state index in [0.717, 1.165) is 37.9 Å². The van der Waals surface area contributed by atoms with Gasteiger partial charge in [0, 0.05) is 31.1 Å². The average molecular weight is 344 g/mol. The van der Waals surface area contributed by atoms with Crippen LogP contribution in [0.5, 0.6) is 0 Å². The SMILES string of the molecule is O=CC1CCN(c2ccc3c(c2)C(=O)N(C2CCOCO2)C3=O)CC1. The fourth-order valence-corrected chi connectivity index (χ4v) is 3.66. The molecular weight excluding hydrogens is 324 g/mol. The van der Waals surface area contributed by atoms with Crippen molar-refractivity contribution >= 4 is 23.8 Å². The summed E-state index contributed by atoms with van der Waals surface area (Å²) in [5, 5.41) is 0. The maximum atomic E-state index is 12.8. The van der Waals surface area contributed by atoms with Crippen molar-refractivity contribution < 1.29 is 23.9 Å². The topological polar surface area (TPSA) is 76.2 Å². The Balaban J connectivity index is 1.56. The molecule has 0 bridgehead atoms. The summed E-state index contributed by atoms with van der Waals surface area (Å²) in [7, 11) is 0. The van der Waals surface area contributed by atoms with E-state index in [1.54, 1.807) is 12.1 Å². The summed E-state index contributed by atoms with van der Waals surface area (Å²) < 4.78 is 10.5. The summed E-state index contributed by atoms with van der Waals surface area (Å²) in [4.78, 5) is 39.6. The molecule has 132 valence electrons. The number of carbonyl (C=O) groups excluding carboxylic acids is 3. The molecule has 3 aliphatic heterocycles. The number of benzene rings is 1. The molecule has 2 amide bonds. The predicted octanol–water partition coefficient (Wildman–Crippen LogP) is 1.42. The summed E-state index contributed by atoms with van der Waals surface area (Å²) in [6.45, 7) is 2.11. The molecule has 3 heterocycles. The van der Waals surface area contributed by atoms with E-state index in [4.69, 9.17) is 9.47 Å². The minimum Gasteiger partial charge on any atom is -0.371 e. The number of hydrogen-bond donors (Lipinski definition) is 0. The number of amides is 2. The summed E-state index contributed by atoms with van der Waals surface area (Å²) in [6.07, 6.45) is 2.57. The molecule has 7 heteroatoms. The van der Waals surface area contributed by atoms with Gasteiger partial charge in [-0.2, -0.15) is 0 Å². The van der Waals surface area contributed by atoms with E-state index in [9.17, 15) is 14.4 Å². The van der Waals surface area contributed by atoms with Crippen molar-refractivity contribution in [3.63, 3.8) is 0 Å². The second-order valence-electron chi connectivity index (χ2n) is 6.61. The van der Waals surface area contributed by atoms with Crippen LogP contribution in [0.1, 0.15) is 40.0 Å². The van der Waals surface area contributed by atoms with Gasteiger partial charge in [-0.1, -0.05) is 0 Å². The number of anilines is 1. The van der Waals surface area contributed by atoms with E-state index in [1.165, 1.54) is 4.90 Å². The van der Waals surface area contributed by atoms with Crippen molar-refractivity contribution in [2.75, 3.05) is 31.4 Å². The van der Waals surface area contributed by atoms with Crippen LogP contribution in [0.4, 0.5) is 5.69 Å². The van der Waals surface area contributed by atoms with Gasteiger partial charge in [-0.05, 0) is 31.0 Å². The van der Waals surface area contributed by atoms with Crippen LogP contribution in [-0.4, -0.2) is 55.7 Å². The number of carbonyl (C=O) groups is 3. The first-order valence-corrected chi connectivity index (χ1v) is 8.60. The molecule has 1 aromatic rings. The van der Waals surface area contributed by atoms with Crippen molar-refractivity contribution in [1.29, 1.82) is 0 Å². The Bertz CT molecular complexity index is 705. The highest BCUT2D eigenvalue weighted by Gasteiger charge is 2.41. The van der Waals surface area contributed by atoms with Crippen molar-refractivity contribution in [3.8, 4) is 0 Å². The molecule has 0 spiro atoms. The molecule has 0 aliphatic carbocycles. The molecule has 0 radical (unpaired) electrons. The lowest BCUT2D eigenvalue weighted by atomic mass is 9.97. The van der Waals surface area contributed by atoms with Crippen LogP contribution in [-0.2, 0) is 14.3 Å². The van der Waals surface area contributed by atoms with Gasteiger partial charge in [0.2, 0.25) is 0 Å². The third-order valence-corrected chi connectivity index (χ3v) is 5.14. The Morgan fingerprint density at radius 2 is 1.80 bits per heavy atom. The largest absolute Gasteiger partial charge is 0.371 e. The maximum absolute atomic E-state index is 12.8. The molecule has 1 unspecified atom stereocenters. The monoisotopic (exact) mass is 344 g/mol. The first-order valence-electron chi connectivity index (χ1n) is 8.60. The predicted molar refractivity (Wildman–Crippen MR) is 88.3 cm³/mol. The van der Waals surface area contributed by atoms with E-state index in [0.29, 0.717) is 24.2 Å². The van der Waals surface area contributed by atoms with Gasteiger partial charge in [0.1, 0.15) is 19.3 Å². The Morgan fingerprint density at radius 3 is 2.48 bits per heavy atom. The molecule has 7 nitrogen and oxygen atoms in total. The molecule has 25 heavy (non-hydrogen) atoms. The highest BCUT2D eigenvalue weighted by atomic mass is 16.7. The van der Waals surface area contributed by atoms with Gasteiger partial charge in [-0.25, -0.2) is 4.90 Å². The second-order valence-corrected chi connectivity index (χ2v) is 6.61. The van der Waals surface area contributed by atoms with Crippen molar-refractivity contribution in [1.82, 2.24) is 4.90 Å². The van der Waals surface area contributed by atoms with Gasteiger partial charge >= 0.3 is 0 Å². The number of aldehydes is 1. The van der Waals surface area contributed by atoms with E-state index in [1.807, 2.05) is 6.07 Å². The molecule has 1 atom stereocenters. The number of rotatable bonds is 3. The van der Waals surface area contributed by atoms with Gasteiger partial charge in [0.05, 0.1) is 17.7 Å². The Kier molecular flexibility index (Phi) is 4.27. The smallest absolute Gasteiger partial charge is 0.263 e. The highest BCUT2D eigenvalue weighted by Crippen LogP contribution is 2.31. The van der Waals surface area contributed by atoms with E-state index >= 15 is 0 Å². The number of imide groups is 1. The molecule has 2 fully saturated rings. The Morgan fingerprint density at radius 1 is 1.04 bits per heavy atom. The van der Waals surface area contributed by atoms with E-state index in [2.05, 4.69) is 4.90 Å². The summed E-state index contributed by atoms with van der Waals surface area (Å²) >= 11 is 0.